The van der Waals surface area contributed by atoms with Crippen LogP contribution in [0.2, 0.25) is 0 Å². The first-order valence-electron chi connectivity index (χ1n) is 6.01. The van der Waals surface area contributed by atoms with Crippen molar-refractivity contribution < 1.29 is 5.21 Å². The van der Waals surface area contributed by atoms with Gasteiger partial charge >= 0.3 is 0 Å². The predicted octanol–water partition coefficient (Wildman–Crippen LogP) is 3.00. The molecule has 0 radical (unpaired) electrons. The molecule has 1 aliphatic rings. The van der Waals surface area contributed by atoms with Crippen molar-refractivity contribution in [1.29, 1.82) is 0 Å². The van der Waals surface area contributed by atoms with Gasteiger partial charge in [-0.05, 0) is 43.9 Å². The molecule has 1 heterocycles. The van der Waals surface area contributed by atoms with Gasteiger partial charge in [0.15, 0.2) is 0 Å². The van der Waals surface area contributed by atoms with Crippen molar-refractivity contribution in [2.24, 2.45) is 12.2 Å². The number of nitrogens with zero attached hydrogens (tertiary/aromatic N) is 2. The lowest BCUT2D eigenvalue weighted by molar-refractivity contribution is 0.317. The molecule has 1 aromatic carbocycles. The highest BCUT2D eigenvalue weighted by Gasteiger charge is 2.23. The van der Waals surface area contributed by atoms with E-state index < -0.39 is 0 Å². The number of hydrogen-bond acceptors (Lipinski definition) is 2. The van der Waals surface area contributed by atoms with Gasteiger partial charge in [0.05, 0.1) is 5.69 Å². The summed E-state index contributed by atoms with van der Waals surface area (Å²) in [6.45, 7) is 2.11. The van der Waals surface area contributed by atoms with E-state index in [1.807, 2.05) is 7.05 Å². The third-order valence-electron chi connectivity index (χ3n) is 3.69. The van der Waals surface area contributed by atoms with Crippen molar-refractivity contribution in [2.75, 3.05) is 0 Å². The van der Waals surface area contributed by atoms with Gasteiger partial charge in [0.2, 0.25) is 0 Å². The maximum atomic E-state index is 9.12. The normalized spacial score (nSPS) is 17.6. The Morgan fingerprint density at radius 1 is 1.29 bits per heavy atom. The summed E-state index contributed by atoms with van der Waals surface area (Å²) in [6, 6.07) is 6.51. The number of benzene rings is 1. The number of aromatic nitrogens is 1. The van der Waals surface area contributed by atoms with E-state index in [-0.39, 0.29) is 0 Å². The van der Waals surface area contributed by atoms with Crippen LogP contribution in [0.5, 0.6) is 0 Å². The Hall–Kier alpha value is -1.77. The monoisotopic (exact) mass is 228 g/mol. The van der Waals surface area contributed by atoms with Crippen LogP contribution >= 0.6 is 0 Å². The van der Waals surface area contributed by atoms with Gasteiger partial charge in [0.1, 0.15) is 5.71 Å². The molecule has 1 aliphatic carbocycles. The number of oxime groups is 1. The maximum Gasteiger partial charge on any atom is 0.103 e. The van der Waals surface area contributed by atoms with Crippen molar-refractivity contribution in [3.8, 4) is 0 Å². The molecule has 2 aromatic rings. The van der Waals surface area contributed by atoms with Gasteiger partial charge in [-0.1, -0.05) is 16.8 Å². The van der Waals surface area contributed by atoms with Crippen LogP contribution in [0.1, 0.15) is 29.7 Å². The van der Waals surface area contributed by atoms with E-state index in [2.05, 4.69) is 34.8 Å². The fourth-order valence-electron chi connectivity index (χ4n) is 2.90. The molecule has 88 valence electrons. The molecule has 0 atom stereocenters. The molecule has 17 heavy (non-hydrogen) atoms. The molecule has 0 bridgehead atoms. The Morgan fingerprint density at radius 2 is 2.12 bits per heavy atom. The van der Waals surface area contributed by atoms with E-state index in [0.29, 0.717) is 0 Å². The summed E-state index contributed by atoms with van der Waals surface area (Å²) in [4.78, 5) is 0. The highest BCUT2D eigenvalue weighted by atomic mass is 16.4. The summed E-state index contributed by atoms with van der Waals surface area (Å²) in [6.07, 6.45) is 3.02. The molecule has 0 spiro atoms. The van der Waals surface area contributed by atoms with Crippen molar-refractivity contribution in [3.05, 3.63) is 35.0 Å². The average molecular weight is 228 g/mol. The molecule has 3 rings (SSSR count). The van der Waals surface area contributed by atoms with Crippen LogP contribution in [-0.2, 0) is 13.5 Å². The van der Waals surface area contributed by atoms with Crippen molar-refractivity contribution in [2.45, 2.75) is 26.2 Å². The summed E-state index contributed by atoms with van der Waals surface area (Å²) in [5.41, 5.74) is 5.77. The summed E-state index contributed by atoms with van der Waals surface area (Å²) in [5, 5.41) is 13.9. The standard InChI is InChI=1S/C14H16N2O/c1-9-6-7-13-11(8-9)10-4-3-5-12(15-17)14(10)16(13)2/h6-8,17H,3-5H2,1-2H3. The average Bonchev–Trinajstić information content (AvgIpc) is 2.63. The molecule has 0 saturated carbocycles. The van der Waals surface area contributed by atoms with Crippen molar-refractivity contribution in [3.63, 3.8) is 0 Å². The minimum Gasteiger partial charge on any atom is -0.411 e. The van der Waals surface area contributed by atoms with E-state index in [0.717, 1.165) is 30.7 Å². The fraction of sp³-hybridized carbons (Fsp3) is 0.357. The van der Waals surface area contributed by atoms with Crippen LogP contribution in [0.4, 0.5) is 0 Å². The van der Waals surface area contributed by atoms with E-state index in [1.54, 1.807) is 0 Å². The van der Waals surface area contributed by atoms with Gasteiger partial charge in [0, 0.05) is 18.0 Å². The molecule has 0 saturated heterocycles. The Labute approximate surface area is 100 Å². The zero-order chi connectivity index (χ0) is 12.0. The molecule has 1 aromatic heterocycles. The van der Waals surface area contributed by atoms with Gasteiger partial charge in [-0.3, -0.25) is 0 Å². The summed E-state index contributed by atoms with van der Waals surface area (Å²) < 4.78 is 2.15. The molecular weight excluding hydrogens is 212 g/mol. The maximum absolute atomic E-state index is 9.12. The Kier molecular flexibility index (Phi) is 2.21. The number of rotatable bonds is 0. The first kappa shape index (κ1) is 10.4. The van der Waals surface area contributed by atoms with E-state index in [4.69, 9.17) is 5.21 Å². The zero-order valence-electron chi connectivity index (χ0n) is 10.2. The third-order valence-corrected chi connectivity index (χ3v) is 3.69. The summed E-state index contributed by atoms with van der Waals surface area (Å²) in [5.74, 6) is 0. The first-order chi connectivity index (χ1) is 8.22. The smallest absolute Gasteiger partial charge is 0.103 e. The third kappa shape index (κ3) is 1.38. The fourth-order valence-corrected chi connectivity index (χ4v) is 2.90. The van der Waals surface area contributed by atoms with E-state index in [1.165, 1.54) is 22.0 Å². The van der Waals surface area contributed by atoms with E-state index in [9.17, 15) is 0 Å². The number of hydrogen-bond donors (Lipinski definition) is 1. The molecular formula is C14H16N2O. The number of fused-ring (bicyclic) bond motifs is 3. The van der Waals surface area contributed by atoms with Crippen LogP contribution < -0.4 is 0 Å². The van der Waals surface area contributed by atoms with Crippen LogP contribution in [0.3, 0.4) is 0 Å². The molecule has 0 aliphatic heterocycles. The second kappa shape index (κ2) is 3.62. The lowest BCUT2D eigenvalue weighted by Gasteiger charge is -2.14. The van der Waals surface area contributed by atoms with E-state index >= 15 is 0 Å². The SMILES string of the molecule is Cc1ccc2c(c1)c1c(n2C)C(=NO)CCC1. The minimum atomic E-state index is 0.822. The predicted molar refractivity (Wildman–Crippen MR) is 68.9 cm³/mol. The van der Waals surface area contributed by atoms with Gasteiger partial charge in [-0.25, -0.2) is 0 Å². The van der Waals surface area contributed by atoms with Crippen LogP contribution in [0.25, 0.3) is 10.9 Å². The zero-order valence-corrected chi connectivity index (χ0v) is 10.2. The first-order valence-corrected chi connectivity index (χ1v) is 6.01. The second-order valence-electron chi connectivity index (χ2n) is 4.81. The summed E-state index contributed by atoms with van der Waals surface area (Å²) in [7, 11) is 2.05. The lowest BCUT2D eigenvalue weighted by atomic mass is 9.93. The Balaban J connectivity index is 2.41. The van der Waals surface area contributed by atoms with Crippen LogP contribution in [0, 0.1) is 6.92 Å². The molecule has 0 fully saturated rings. The van der Waals surface area contributed by atoms with Crippen LogP contribution in [0.15, 0.2) is 23.4 Å². The van der Waals surface area contributed by atoms with Crippen LogP contribution in [-0.4, -0.2) is 15.5 Å². The van der Waals surface area contributed by atoms with Gasteiger partial charge in [0.25, 0.3) is 0 Å². The quantitative estimate of drug-likeness (QED) is 0.546. The number of aryl methyl sites for hydroxylation is 3. The van der Waals surface area contributed by atoms with Gasteiger partial charge < -0.3 is 9.77 Å². The van der Waals surface area contributed by atoms with Crippen molar-refractivity contribution in [1.82, 2.24) is 4.57 Å². The van der Waals surface area contributed by atoms with Gasteiger partial charge in [-0.15, -0.1) is 0 Å². The Bertz CT molecular complexity index is 623. The highest BCUT2D eigenvalue weighted by Crippen LogP contribution is 2.32. The highest BCUT2D eigenvalue weighted by molar-refractivity contribution is 6.06. The minimum absolute atomic E-state index is 0.822. The topological polar surface area (TPSA) is 37.5 Å². The summed E-state index contributed by atoms with van der Waals surface area (Å²) >= 11 is 0. The molecule has 3 heteroatoms. The lowest BCUT2D eigenvalue weighted by Crippen LogP contribution is -2.14. The second-order valence-corrected chi connectivity index (χ2v) is 4.81. The molecule has 1 N–H and O–H groups in total. The molecule has 3 nitrogen and oxygen atoms in total. The van der Waals surface area contributed by atoms with Gasteiger partial charge in [-0.2, -0.15) is 0 Å². The molecule has 0 amide bonds. The Morgan fingerprint density at radius 3 is 2.88 bits per heavy atom. The largest absolute Gasteiger partial charge is 0.411 e. The molecule has 0 unspecified atom stereocenters. The van der Waals surface area contributed by atoms with Crippen molar-refractivity contribution >= 4 is 16.6 Å².